The van der Waals surface area contributed by atoms with Crippen LogP contribution in [-0.4, -0.2) is 27.8 Å². The summed E-state index contributed by atoms with van der Waals surface area (Å²) < 4.78 is 12.5. The number of hydrogen-bond acceptors (Lipinski definition) is 2. The Labute approximate surface area is 109 Å². The molecule has 1 saturated carbocycles. The maximum atomic E-state index is 12.5. The molecule has 0 aliphatic heterocycles. The van der Waals surface area contributed by atoms with Gasteiger partial charge in [0.05, 0.1) is 5.25 Å². The minimum atomic E-state index is -0.681. The van der Waals surface area contributed by atoms with Gasteiger partial charge in [-0.1, -0.05) is 27.7 Å². The average molecular weight is 259 g/mol. The third-order valence-corrected chi connectivity index (χ3v) is 6.66. The summed E-state index contributed by atoms with van der Waals surface area (Å²) in [4.78, 5) is 0. The second-order valence-corrected chi connectivity index (χ2v) is 7.87. The van der Waals surface area contributed by atoms with Gasteiger partial charge in [0.1, 0.15) is 0 Å². The highest BCUT2D eigenvalue weighted by molar-refractivity contribution is 7.86. The average Bonchev–Trinajstić information content (AvgIpc) is 2.35. The maximum Gasteiger partial charge on any atom is 0.0506 e. The second kappa shape index (κ2) is 6.89. The zero-order valence-electron chi connectivity index (χ0n) is 12.0. The third-order valence-electron chi connectivity index (χ3n) is 4.42. The first-order chi connectivity index (χ1) is 8.01. The largest absolute Gasteiger partial charge is 0.316 e. The first-order valence-corrected chi connectivity index (χ1v) is 8.35. The zero-order valence-corrected chi connectivity index (χ0v) is 12.8. The summed E-state index contributed by atoms with van der Waals surface area (Å²) in [6.45, 7) is 8.86. The van der Waals surface area contributed by atoms with Crippen molar-refractivity contribution in [2.75, 3.05) is 7.05 Å². The quantitative estimate of drug-likeness (QED) is 0.822. The van der Waals surface area contributed by atoms with Crippen molar-refractivity contribution in [2.24, 2.45) is 11.8 Å². The molecule has 0 saturated heterocycles. The Morgan fingerprint density at radius 3 is 2.41 bits per heavy atom. The molecule has 1 N–H and O–H groups in total. The lowest BCUT2D eigenvalue weighted by atomic mass is 9.79. The van der Waals surface area contributed by atoms with E-state index in [2.05, 4.69) is 33.0 Å². The predicted octanol–water partition coefficient (Wildman–Crippen LogP) is 2.95. The first-order valence-electron chi connectivity index (χ1n) is 7.07. The molecule has 0 aromatic rings. The van der Waals surface area contributed by atoms with Crippen molar-refractivity contribution < 1.29 is 4.21 Å². The Kier molecular flexibility index (Phi) is 6.14. The molecule has 0 spiro atoms. The van der Waals surface area contributed by atoms with Crippen LogP contribution in [0.2, 0.25) is 0 Å². The molecule has 0 aromatic heterocycles. The Balaban J connectivity index is 2.72. The fraction of sp³-hybridized carbons (Fsp3) is 1.00. The lowest BCUT2D eigenvalue weighted by molar-refractivity contribution is 0.248. The van der Waals surface area contributed by atoms with Crippen LogP contribution in [0.4, 0.5) is 0 Å². The minimum absolute atomic E-state index is 0.335. The van der Waals surface area contributed by atoms with E-state index < -0.39 is 10.8 Å². The molecule has 1 aliphatic rings. The summed E-state index contributed by atoms with van der Waals surface area (Å²) >= 11 is 0. The number of rotatable bonds is 5. The van der Waals surface area contributed by atoms with Gasteiger partial charge >= 0.3 is 0 Å². The smallest absolute Gasteiger partial charge is 0.0506 e. The molecule has 5 atom stereocenters. The maximum absolute atomic E-state index is 12.5. The summed E-state index contributed by atoms with van der Waals surface area (Å²) in [6.07, 6.45) is 4.63. The van der Waals surface area contributed by atoms with E-state index >= 15 is 0 Å². The second-order valence-electron chi connectivity index (χ2n) is 5.80. The topological polar surface area (TPSA) is 29.1 Å². The Morgan fingerprint density at radius 1 is 1.29 bits per heavy atom. The standard InChI is InChI=1S/C14H29NOS/c1-6-11(4)17(16)14-9-12(10(2)3)7-8-13(14)15-5/h10-15H,6-9H2,1-5H3. The highest BCUT2D eigenvalue weighted by Gasteiger charge is 2.35. The molecule has 1 aliphatic carbocycles. The summed E-state index contributed by atoms with van der Waals surface area (Å²) in [5, 5.41) is 4.07. The molecular formula is C14H29NOS. The Bertz CT molecular complexity index is 255. The molecule has 1 rings (SSSR count). The predicted molar refractivity (Wildman–Crippen MR) is 76.7 cm³/mol. The molecule has 2 nitrogen and oxygen atoms in total. The molecular weight excluding hydrogens is 230 g/mol. The van der Waals surface area contributed by atoms with Crippen molar-refractivity contribution in [3.63, 3.8) is 0 Å². The van der Waals surface area contributed by atoms with Crippen LogP contribution in [0.15, 0.2) is 0 Å². The number of hydrogen-bond donors (Lipinski definition) is 1. The molecule has 17 heavy (non-hydrogen) atoms. The summed E-state index contributed by atoms with van der Waals surface area (Å²) in [5.41, 5.74) is 0. The normalized spacial score (nSPS) is 33.6. The highest BCUT2D eigenvalue weighted by atomic mass is 32.2. The molecule has 1 fully saturated rings. The SMILES string of the molecule is CCC(C)S(=O)C1CC(C(C)C)CCC1NC. The van der Waals surface area contributed by atoms with Crippen LogP contribution < -0.4 is 5.32 Å². The van der Waals surface area contributed by atoms with E-state index in [4.69, 9.17) is 0 Å². The van der Waals surface area contributed by atoms with Crippen LogP contribution >= 0.6 is 0 Å². The van der Waals surface area contributed by atoms with E-state index in [1.54, 1.807) is 0 Å². The summed E-state index contributed by atoms with van der Waals surface area (Å²) in [6, 6.07) is 0.458. The fourth-order valence-electron chi connectivity index (χ4n) is 2.82. The molecule has 0 aromatic carbocycles. The van der Waals surface area contributed by atoms with Gasteiger partial charge in [0.15, 0.2) is 0 Å². The van der Waals surface area contributed by atoms with Gasteiger partial charge in [-0.3, -0.25) is 4.21 Å². The van der Waals surface area contributed by atoms with Crippen LogP contribution in [0.3, 0.4) is 0 Å². The molecule has 0 bridgehead atoms. The summed E-state index contributed by atoms with van der Waals surface area (Å²) in [7, 11) is 1.33. The van der Waals surface area contributed by atoms with Crippen LogP contribution in [0.1, 0.15) is 53.4 Å². The summed E-state index contributed by atoms with van der Waals surface area (Å²) in [5.74, 6) is 1.49. The number of nitrogens with one attached hydrogen (secondary N) is 1. The molecule has 0 radical (unpaired) electrons. The lowest BCUT2D eigenvalue weighted by Gasteiger charge is -2.38. The van der Waals surface area contributed by atoms with Crippen molar-refractivity contribution in [1.82, 2.24) is 5.32 Å². The van der Waals surface area contributed by atoms with Crippen molar-refractivity contribution in [3.8, 4) is 0 Å². The van der Waals surface area contributed by atoms with Gasteiger partial charge in [-0.05, 0) is 44.6 Å². The molecule has 5 unspecified atom stereocenters. The third kappa shape index (κ3) is 3.78. The van der Waals surface area contributed by atoms with Crippen LogP contribution in [0.5, 0.6) is 0 Å². The van der Waals surface area contributed by atoms with E-state index in [0.717, 1.165) is 24.7 Å². The lowest BCUT2D eigenvalue weighted by Crippen LogP contribution is -2.47. The van der Waals surface area contributed by atoms with Gasteiger partial charge in [0, 0.05) is 22.1 Å². The first kappa shape index (κ1) is 15.2. The fourth-order valence-corrected chi connectivity index (χ4v) is 4.77. The molecule has 102 valence electrons. The minimum Gasteiger partial charge on any atom is -0.316 e. The van der Waals surface area contributed by atoms with Crippen molar-refractivity contribution >= 4 is 10.8 Å². The molecule has 3 heteroatoms. The van der Waals surface area contributed by atoms with Gasteiger partial charge < -0.3 is 5.32 Å². The Morgan fingerprint density at radius 2 is 1.94 bits per heavy atom. The molecule has 0 heterocycles. The Hall–Kier alpha value is 0.110. The van der Waals surface area contributed by atoms with Crippen molar-refractivity contribution in [1.29, 1.82) is 0 Å². The van der Waals surface area contributed by atoms with Crippen LogP contribution in [0.25, 0.3) is 0 Å². The van der Waals surface area contributed by atoms with E-state index in [-0.39, 0.29) is 0 Å². The van der Waals surface area contributed by atoms with E-state index in [1.807, 2.05) is 7.05 Å². The van der Waals surface area contributed by atoms with Crippen molar-refractivity contribution in [3.05, 3.63) is 0 Å². The highest BCUT2D eigenvalue weighted by Crippen LogP contribution is 2.33. The van der Waals surface area contributed by atoms with Gasteiger partial charge in [-0.2, -0.15) is 0 Å². The van der Waals surface area contributed by atoms with E-state index in [1.165, 1.54) is 12.8 Å². The monoisotopic (exact) mass is 259 g/mol. The van der Waals surface area contributed by atoms with Crippen molar-refractivity contribution in [2.45, 2.75) is 69.9 Å². The van der Waals surface area contributed by atoms with Gasteiger partial charge in [-0.15, -0.1) is 0 Å². The van der Waals surface area contributed by atoms with Gasteiger partial charge in [-0.25, -0.2) is 0 Å². The zero-order chi connectivity index (χ0) is 13.0. The van der Waals surface area contributed by atoms with Gasteiger partial charge in [0.25, 0.3) is 0 Å². The van der Waals surface area contributed by atoms with E-state index in [0.29, 0.717) is 16.5 Å². The van der Waals surface area contributed by atoms with Crippen LogP contribution in [0, 0.1) is 11.8 Å². The van der Waals surface area contributed by atoms with Gasteiger partial charge in [0.2, 0.25) is 0 Å². The van der Waals surface area contributed by atoms with Crippen LogP contribution in [-0.2, 0) is 10.8 Å². The van der Waals surface area contributed by atoms with E-state index in [9.17, 15) is 4.21 Å². The molecule has 0 amide bonds.